The molecule has 1 heterocycles. The lowest BCUT2D eigenvalue weighted by atomic mass is 9.51. The van der Waals surface area contributed by atoms with E-state index >= 15 is 0 Å². The number of halogens is 1. The Labute approximate surface area is 230 Å². The molecule has 0 saturated heterocycles. The van der Waals surface area contributed by atoms with Crippen molar-refractivity contribution >= 4 is 23.2 Å². The van der Waals surface area contributed by atoms with Crippen LogP contribution in [-0.2, 0) is 9.59 Å². The molecule has 3 nitrogen and oxygen atoms in total. The smallest absolute Gasteiger partial charge is 0.156 e. The lowest BCUT2D eigenvalue weighted by molar-refractivity contribution is -0.130. The molecule has 0 spiro atoms. The monoisotopic (exact) mass is 525 g/mol. The van der Waals surface area contributed by atoms with Gasteiger partial charge >= 0.3 is 0 Å². The third-order valence-electron chi connectivity index (χ3n) is 10.7. The summed E-state index contributed by atoms with van der Waals surface area (Å²) in [6, 6.07) is 12.9. The summed E-state index contributed by atoms with van der Waals surface area (Å²) in [7, 11) is 0. The van der Waals surface area contributed by atoms with Crippen LogP contribution in [0.2, 0.25) is 5.15 Å². The predicted molar refractivity (Wildman–Crippen MR) is 151 cm³/mol. The first-order valence-electron chi connectivity index (χ1n) is 14.6. The van der Waals surface area contributed by atoms with Gasteiger partial charge in [-0.05, 0) is 109 Å². The van der Waals surface area contributed by atoms with Gasteiger partial charge in [-0.15, -0.1) is 0 Å². The number of rotatable bonds is 4. The van der Waals surface area contributed by atoms with E-state index in [0.717, 1.165) is 56.1 Å². The number of allylic oxidation sites excluding steroid dienone is 4. The molecular weight excluding hydrogens is 490 g/mol. The molecule has 0 bridgehead atoms. The van der Waals surface area contributed by atoms with E-state index in [-0.39, 0.29) is 17.1 Å². The molecule has 5 aliphatic rings. The van der Waals surface area contributed by atoms with E-state index in [9.17, 15) is 9.59 Å². The fourth-order valence-electron chi connectivity index (χ4n) is 9.01. The van der Waals surface area contributed by atoms with Crippen LogP contribution in [0.5, 0.6) is 0 Å². The van der Waals surface area contributed by atoms with Crippen LogP contribution in [0.25, 0.3) is 11.1 Å². The third kappa shape index (κ3) is 3.87. The van der Waals surface area contributed by atoms with Gasteiger partial charge in [0.1, 0.15) is 10.9 Å². The van der Waals surface area contributed by atoms with E-state index in [1.165, 1.54) is 16.7 Å². The summed E-state index contributed by atoms with van der Waals surface area (Å²) in [6.07, 6.45) is 11.8. The van der Waals surface area contributed by atoms with Gasteiger partial charge in [0.2, 0.25) is 0 Å². The first-order chi connectivity index (χ1) is 18.3. The van der Waals surface area contributed by atoms with Crippen molar-refractivity contribution in [1.29, 1.82) is 0 Å². The van der Waals surface area contributed by atoms with Crippen LogP contribution in [0.3, 0.4) is 0 Å². The van der Waals surface area contributed by atoms with Gasteiger partial charge in [-0.3, -0.25) is 9.59 Å². The van der Waals surface area contributed by atoms with Crippen LogP contribution in [0.15, 0.2) is 65.4 Å². The highest BCUT2D eigenvalue weighted by molar-refractivity contribution is 6.29. The van der Waals surface area contributed by atoms with Gasteiger partial charge in [-0.2, -0.15) is 0 Å². The maximum atomic E-state index is 13.7. The molecule has 0 amide bonds. The average molecular weight is 526 g/mol. The van der Waals surface area contributed by atoms with Gasteiger partial charge in [0.15, 0.2) is 5.78 Å². The molecule has 1 aromatic heterocycles. The number of fused-ring (bicyclic) bond motifs is 4. The minimum absolute atomic E-state index is 0.0307. The molecule has 6 atom stereocenters. The van der Waals surface area contributed by atoms with Gasteiger partial charge in [-0.25, -0.2) is 4.98 Å². The summed E-state index contributed by atoms with van der Waals surface area (Å²) in [5.41, 5.74) is 7.94. The van der Waals surface area contributed by atoms with E-state index in [4.69, 9.17) is 11.6 Å². The number of hydrogen-bond acceptors (Lipinski definition) is 3. The highest BCUT2D eigenvalue weighted by Crippen LogP contribution is 2.67. The summed E-state index contributed by atoms with van der Waals surface area (Å²) >= 11 is 6.01. The predicted octanol–water partition coefficient (Wildman–Crippen LogP) is 8.14. The van der Waals surface area contributed by atoms with Gasteiger partial charge in [0, 0.05) is 35.9 Å². The second kappa shape index (κ2) is 9.01. The molecule has 4 heteroatoms. The van der Waals surface area contributed by atoms with Crippen LogP contribution < -0.4 is 0 Å². The Kier molecular flexibility index (Phi) is 5.82. The molecule has 0 aliphatic heterocycles. The Bertz CT molecular complexity index is 1370. The van der Waals surface area contributed by atoms with E-state index in [1.54, 1.807) is 5.57 Å². The zero-order valence-corrected chi connectivity index (χ0v) is 23.1. The minimum Gasteiger partial charge on any atom is -0.299 e. The fourth-order valence-corrected chi connectivity index (χ4v) is 9.12. The molecule has 38 heavy (non-hydrogen) atoms. The van der Waals surface area contributed by atoms with Crippen LogP contribution >= 0.6 is 11.6 Å². The van der Waals surface area contributed by atoms with Gasteiger partial charge in [-0.1, -0.05) is 55.3 Å². The van der Waals surface area contributed by atoms with Crippen molar-refractivity contribution in [2.45, 2.75) is 71.1 Å². The number of aromatic nitrogens is 1. The Morgan fingerprint density at radius 3 is 2.47 bits per heavy atom. The number of carbonyl (C=O) groups excluding carboxylic acids is 2. The van der Waals surface area contributed by atoms with Crippen molar-refractivity contribution in [2.75, 3.05) is 0 Å². The first kappa shape index (κ1) is 24.5. The fraction of sp³-hybridized carbons (Fsp3) is 0.500. The van der Waals surface area contributed by atoms with E-state index < -0.39 is 0 Å². The third-order valence-corrected chi connectivity index (χ3v) is 11.0. The van der Waals surface area contributed by atoms with Crippen molar-refractivity contribution in [2.24, 2.45) is 35.0 Å². The lowest BCUT2D eigenvalue weighted by Gasteiger charge is -2.52. The maximum absolute atomic E-state index is 13.7. The molecular formula is C34H36ClNO2. The topological polar surface area (TPSA) is 47.0 Å². The van der Waals surface area contributed by atoms with Gasteiger partial charge in [0.25, 0.3) is 0 Å². The molecule has 196 valence electrons. The zero-order valence-electron chi connectivity index (χ0n) is 22.4. The lowest BCUT2D eigenvalue weighted by Crippen LogP contribution is -2.45. The average Bonchev–Trinajstić information content (AvgIpc) is 3.72. The van der Waals surface area contributed by atoms with Crippen molar-refractivity contribution in [1.82, 2.24) is 4.98 Å². The van der Waals surface area contributed by atoms with Crippen LogP contribution in [-0.4, -0.2) is 16.6 Å². The molecule has 3 fully saturated rings. The summed E-state index contributed by atoms with van der Waals surface area (Å²) in [4.78, 5) is 30.3. The number of Topliss-reactive ketones (excluding diaryl/α,β-unsaturated/α-hetero) is 1. The molecule has 1 aromatic carbocycles. The second-order valence-electron chi connectivity index (χ2n) is 12.9. The van der Waals surface area contributed by atoms with Crippen LogP contribution in [0.1, 0.15) is 76.7 Å². The van der Waals surface area contributed by atoms with E-state index in [0.29, 0.717) is 46.9 Å². The Hall–Kier alpha value is -2.52. The minimum atomic E-state index is 0.0307. The number of hydrogen-bond donors (Lipinski definition) is 0. The standard InChI is InChI=1S/C34H36ClNO2/c1-19-15-29-27-12-9-23-16-25(37)11-13-26(23)31(27)28(17-34(29,2)32(19)33(38)22-7-8-22)21-5-3-20(4-6-21)24-10-14-30(35)36-18-24/h3-6,10,14,16,18-19,22,27-29,32H,7-9,11-13,15,17H2,1-2H3/t19-,27+,28-,29+,32-,34+/m1/s1. The zero-order chi connectivity index (χ0) is 26.2. The molecule has 0 unspecified atom stereocenters. The Balaban J connectivity index is 1.33. The SMILES string of the molecule is C[C@@H]1C[C@H]2[C@@H]3CCC4=CC(=O)CCC4=C3[C@@H](c3ccc(-c4ccc(Cl)nc4)cc3)C[C@]2(C)[C@H]1C(=O)C1CC1. The number of ketones is 2. The summed E-state index contributed by atoms with van der Waals surface area (Å²) in [5.74, 6) is 3.15. The summed E-state index contributed by atoms with van der Waals surface area (Å²) in [6.45, 7) is 4.81. The number of pyridine rings is 1. The van der Waals surface area contributed by atoms with E-state index in [2.05, 4.69) is 43.1 Å². The molecule has 5 aliphatic carbocycles. The molecule has 0 N–H and O–H groups in total. The quantitative estimate of drug-likeness (QED) is 0.378. The molecule has 7 rings (SSSR count). The van der Waals surface area contributed by atoms with Crippen molar-refractivity contribution in [3.63, 3.8) is 0 Å². The molecule has 3 saturated carbocycles. The summed E-state index contributed by atoms with van der Waals surface area (Å²) < 4.78 is 0. The largest absolute Gasteiger partial charge is 0.299 e. The summed E-state index contributed by atoms with van der Waals surface area (Å²) in [5, 5.41) is 0.503. The van der Waals surface area contributed by atoms with E-state index in [1.807, 2.05) is 24.4 Å². The van der Waals surface area contributed by atoms with Gasteiger partial charge < -0.3 is 0 Å². The maximum Gasteiger partial charge on any atom is 0.156 e. The highest BCUT2D eigenvalue weighted by Gasteiger charge is 2.61. The number of nitrogens with zero attached hydrogens (tertiary/aromatic N) is 1. The van der Waals surface area contributed by atoms with Crippen LogP contribution in [0.4, 0.5) is 0 Å². The van der Waals surface area contributed by atoms with Crippen molar-refractivity contribution < 1.29 is 9.59 Å². The van der Waals surface area contributed by atoms with Crippen LogP contribution in [0, 0.1) is 35.0 Å². The highest BCUT2D eigenvalue weighted by atomic mass is 35.5. The van der Waals surface area contributed by atoms with Crippen molar-refractivity contribution in [3.8, 4) is 11.1 Å². The number of carbonyl (C=O) groups is 2. The molecule has 2 aromatic rings. The van der Waals surface area contributed by atoms with Crippen molar-refractivity contribution in [3.05, 3.63) is 76.1 Å². The Morgan fingerprint density at radius 2 is 1.76 bits per heavy atom. The van der Waals surface area contributed by atoms with Gasteiger partial charge in [0.05, 0.1) is 0 Å². The Morgan fingerprint density at radius 1 is 1.00 bits per heavy atom. The molecule has 0 radical (unpaired) electrons. The first-order valence-corrected chi connectivity index (χ1v) is 14.9. The number of benzene rings is 1. The normalized spacial score (nSPS) is 34.3. The second-order valence-corrected chi connectivity index (χ2v) is 13.3.